The maximum Gasteiger partial charge on any atom is 0.416 e. The number of nitrogens with zero attached hydrogens (tertiary/aromatic N) is 1. The number of aryl methyl sites for hydroxylation is 1. The first-order valence-corrected chi connectivity index (χ1v) is 11.0. The van der Waals surface area contributed by atoms with Gasteiger partial charge in [0.2, 0.25) is 11.8 Å². The molecule has 1 aliphatic heterocycles. The lowest BCUT2D eigenvalue weighted by atomic mass is 10.2. The Morgan fingerprint density at radius 2 is 1.80 bits per heavy atom. The molecule has 7 nitrogen and oxygen atoms in total. The Morgan fingerprint density at radius 3 is 2.54 bits per heavy atom. The zero-order valence-electron chi connectivity index (χ0n) is 18.8. The molecule has 0 bridgehead atoms. The molecule has 35 heavy (non-hydrogen) atoms. The molecular weight excluding hydrogens is 461 g/mol. The lowest BCUT2D eigenvalue weighted by molar-refractivity contribution is -0.137. The maximum absolute atomic E-state index is 12.9. The Kier molecular flexibility index (Phi) is 6.90. The number of aliphatic imine (C=N–C) groups is 1. The number of halogens is 3. The third kappa shape index (κ3) is 6.95. The molecule has 2 aliphatic rings. The summed E-state index contributed by atoms with van der Waals surface area (Å²) in [7, 11) is 0. The smallest absolute Gasteiger partial charge is 0.416 e. The number of urea groups is 1. The van der Waals surface area contributed by atoms with Gasteiger partial charge in [-0.2, -0.15) is 13.2 Å². The van der Waals surface area contributed by atoms with Crippen molar-refractivity contribution >= 4 is 29.5 Å². The summed E-state index contributed by atoms with van der Waals surface area (Å²) in [6, 6.07) is 8.64. The normalized spacial score (nSPS) is 15.4. The van der Waals surface area contributed by atoms with E-state index < -0.39 is 17.8 Å². The van der Waals surface area contributed by atoms with Crippen molar-refractivity contribution in [3.8, 4) is 5.75 Å². The highest BCUT2D eigenvalue weighted by molar-refractivity contribution is 6.00. The van der Waals surface area contributed by atoms with Crippen LogP contribution >= 0.6 is 0 Å². The third-order valence-corrected chi connectivity index (χ3v) is 5.14. The second-order valence-corrected chi connectivity index (χ2v) is 8.25. The van der Waals surface area contributed by atoms with E-state index in [0.29, 0.717) is 23.6 Å². The van der Waals surface area contributed by atoms with Crippen LogP contribution in [0.3, 0.4) is 0 Å². The molecule has 2 aromatic rings. The largest absolute Gasteiger partial charge is 0.439 e. The Labute approximate surface area is 199 Å². The van der Waals surface area contributed by atoms with Gasteiger partial charge in [-0.3, -0.25) is 4.79 Å². The average molecular weight is 484 g/mol. The number of anilines is 2. The number of nitrogens with one attached hydrogen (secondary N) is 3. The standard InChI is InChI=1S/C25H23F3N4O3/c1-15-10-20(32-24(34)31-18-5-2-4-17(12-18)25(26,27)28)13-21(11-15)35-22-14-19(6-3-9-29-22)30-23(33)16-7-8-16/h2,4-6,9-14,16H,3,7-8H2,1H3,(H,30,33)(H2,31,32,34). The molecule has 10 heteroatoms. The van der Waals surface area contributed by atoms with Crippen molar-refractivity contribution in [2.45, 2.75) is 32.4 Å². The minimum Gasteiger partial charge on any atom is -0.439 e. The molecule has 2 aromatic carbocycles. The van der Waals surface area contributed by atoms with E-state index in [0.717, 1.165) is 30.5 Å². The fraction of sp³-hybridized carbons (Fsp3) is 0.240. The van der Waals surface area contributed by atoms with Gasteiger partial charge in [-0.25, -0.2) is 9.79 Å². The van der Waals surface area contributed by atoms with Crippen molar-refractivity contribution in [2.75, 3.05) is 10.6 Å². The van der Waals surface area contributed by atoms with Gasteiger partial charge in [-0.05, 0) is 55.7 Å². The van der Waals surface area contributed by atoms with Crippen LogP contribution in [-0.4, -0.2) is 18.2 Å². The molecule has 3 N–H and O–H groups in total. The highest BCUT2D eigenvalue weighted by atomic mass is 19.4. The monoisotopic (exact) mass is 484 g/mol. The van der Waals surface area contributed by atoms with Gasteiger partial charge in [0.1, 0.15) is 5.75 Å². The number of allylic oxidation sites excluding steroid dienone is 2. The van der Waals surface area contributed by atoms with Crippen molar-refractivity contribution in [1.82, 2.24) is 5.32 Å². The minimum atomic E-state index is -4.51. The van der Waals surface area contributed by atoms with Crippen LogP contribution in [0.5, 0.6) is 5.75 Å². The summed E-state index contributed by atoms with van der Waals surface area (Å²) in [6.45, 7) is 1.80. The van der Waals surface area contributed by atoms with Gasteiger partial charge >= 0.3 is 12.2 Å². The predicted octanol–water partition coefficient (Wildman–Crippen LogP) is 5.76. The van der Waals surface area contributed by atoms with E-state index in [1.807, 2.05) is 6.08 Å². The first kappa shape index (κ1) is 24.1. The first-order valence-electron chi connectivity index (χ1n) is 11.0. The van der Waals surface area contributed by atoms with E-state index in [-0.39, 0.29) is 23.4 Å². The zero-order chi connectivity index (χ0) is 25.0. The Balaban J connectivity index is 1.43. The number of hydrogen-bond donors (Lipinski definition) is 3. The Morgan fingerprint density at radius 1 is 1.03 bits per heavy atom. The molecule has 1 aliphatic carbocycles. The summed E-state index contributed by atoms with van der Waals surface area (Å²) < 4.78 is 44.6. The number of carbonyl (C=O) groups is 2. The third-order valence-electron chi connectivity index (χ3n) is 5.14. The number of rotatable bonds is 6. The van der Waals surface area contributed by atoms with Gasteiger partial charge in [0.05, 0.1) is 5.56 Å². The molecule has 4 rings (SSSR count). The molecule has 1 heterocycles. The van der Waals surface area contributed by atoms with E-state index in [1.165, 1.54) is 12.1 Å². The zero-order valence-corrected chi connectivity index (χ0v) is 18.8. The summed E-state index contributed by atoms with van der Waals surface area (Å²) in [5.74, 6) is 0.681. The van der Waals surface area contributed by atoms with Crippen molar-refractivity contribution in [3.05, 3.63) is 77.3 Å². The summed E-state index contributed by atoms with van der Waals surface area (Å²) in [5.41, 5.74) is 0.890. The summed E-state index contributed by atoms with van der Waals surface area (Å²) in [4.78, 5) is 28.7. The molecule has 3 amide bonds. The van der Waals surface area contributed by atoms with E-state index in [4.69, 9.17) is 4.74 Å². The Bertz CT molecular complexity index is 1230. The molecule has 0 aromatic heterocycles. The molecule has 1 fully saturated rings. The first-order chi connectivity index (χ1) is 16.7. The molecule has 0 spiro atoms. The van der Waals surface area contributed by atoms with Crippen molar-refractivity contribution in [2.24, 2.45) is 10.9 Å². The number of ether oxygens (including phenoxy) is 1. The highest BCUT2D eigenvalue weighted by Crippen LogP contribution is 2.31. The van der Waals surface area contributed by atoms with Crippen LogP contribution in [0.25, 0.3) is 0 Å². The lowest BCUT2D eigenvalue weighted by Crippen LogP contribution is -2.23. The van der Waals surface area contributed by atoms with Crippen LogP contribution in [0.4, 0.5) is 29.3 Å². The van der Waals surface area contributed by atoms with Crippen LogP contribution in [0.2, 0.25) is 0 Å². The lowest BCUT2D eigenvalue weighted by Gasteiger charge is -2.13. The van der Waals surface area contributed by atoms with E-state index in [2.05, 4.69) is 20.9 Å². The van der Waals surface area contributed by atoms with Crippen molar-refractivity contribution in [3.63, 3.8) is 0 Å². The maximum atomic E-state index is 12.9. The molecule has 0 atom stereocenters. The van der Waals surface area contributed by atoms with E-state index in [9.17, 15) is 22.8 Å². The van der Waals surface area contributed by atoms with E-state index in [1.54, 1.807) is 37.4 Å². The van der Waals surface area contributed by atoms with Crippen LogP contribution in [0.1, 0.15) is 30.4 Å². The van der Waals surface area contributed by atoms with Gasteiger partial charge in [0.15, 0.2) is 0 Å². The van der Waals surface area contributed by atoms with E-state index >= 15 is 0 Å². The fourth-order valence-corrected chi connectivity index (χ4v) is 3.35. The van der Waals surface area contributed by atoms with Gasteiger partial charge < -0.3 is 20.7 Å². The molecular formula is C25H23F3N4O3. The van der Waals surface area contributed by atoms with Gasteiger partial charge in [-0.1, -0.05) is 12.1 Å². The number of carbonyl (C=O) groups excluding carboxylic acids is 2. The van der Waals surface area contributed by atoms with Gasteiger partial charge in [0.25, 0.3) is 0 Å². The minimum absolute atomic E-state index is 0.00645. The van der Waals surface area contributed by atoms with Gasteiger partial charge in [0, 0.05) is 47.8 Å². The molecule has 182 valence electrons. The summed E-state index contributed by atoms with van der Waals surface area (Å²) in [6.07, 6.45) is 2.91. The summed E-state index contributed by atoms with van der Waals surface area (Å²) >= 11 is 0. The SMILES string of the molecule is Cc1cc(NC(=O)Nc2cccc(C(F)(F)F)c2)cc(OC2=CC(NC(=O)C3CC3)=CCC=N2)c1. The molecule has 0 unspecified atom stereocenters. The van der Waals surface area contributed by atoms with Crippen LogP contribution < -0.4 is 20.7 Å². The van der Waals surface area contributed by atoms with Crippen LogP contribution in [0.15, 0.2) is 71.2 Å². The highest BCUT2D eigenvalue weighted by Gasteiger charge is 2.31. The van der Waals surface area contributed by atoms with Crippen molar-refractivity contribution in [1.29, 1.82) is 0 Å². The number of benzene rings is 2. The average Bonchev–Trinajstić information content (AvgIpc) is 3.61. The number of alkyl halides is 3. The topological polar surface area (TPSA) is 91.8 Å². The number of amides is 3. The van der Waals surface area contributed by atoms with Crippen LogP contribution in [0, 0.1) is 12.8 Å². The second-order valence-electron chi connectivity index (χ2n) is 8.25. The van der Waals surface area contributed by atoms with Gasteiger partial charge in [-0.15, -0.1) is 0 Å². The summed E-state index contributed by atoms with van der Waals surface area (Å²) in [5, 5.41) is 7.86. The number of hydrogen-bond acceptors (Lipinski definition) is 4. The van der Waals surface area contributed by atoms with Crippen molar-refractivity contribution < 1.29 is 27.5 Å². The molecule has 1 saturated carbocycles. The van der Waals surface area contributed by atoms with Crippen LogP contribution in [-0.2, 0) is 11.0 Å². The molecule has 0 saturated heterocycles. The predicted molar refractivity (Wildman–Crippen MR) is 126 cm³/mol. The second kappa shape index (κ2) is 10.0. The molecule has 0 radical (unpaired) electrons. The quantitative estimate of drug-likeness (QED) is 0.487. The Hall–Kier alpha value is -4.08. The fourth-order valence-electron chi connectivity index (χ4n) is 3.35.